The maximum Gasteiger partial charge on any atom is 0.253 e. The highest BCUT2D eigenvalue weighted by atomic mass is 32.2. The predicted octanol–water partition coefficient (Wildman–Crippen LogP) is 6.34. The Morgan fingerprint density at radius 3 is 2.46 bits per heavy atom. The van der Waals surface area contributed by atoms with Crippen molar-refractivity contribution in [2.45, 2.75) is 116 Å². The van der Waals surface area contributed by atoms with E-state index in [2.05, 4.69) is 55.8 Å². The summed E-state index contributed by atoms with van der Waals surface area (Å²) in [6.07, 6.45) is 11.8. The van der Waals surface area contributed by atoms with Gasteiger partial charge in [-0.3, -0.25) is 4.79 Å². The number of carbonyl (C=O) groups excluding carboxylic acids is 1. The number of hydrogen-bond acceptors (Lipinski definition) is 4. The zero-order valence-electron chi connectivity index (χ0n) is 25.5. The molecule has 0 bridgehead atoms. The number of fused-ring (bicyclic) bond motifs is 2. The number of nitrogens with one attached hydrogen (secondary N) is 1. The molecule has 5 rings (SSSR count). The molecule has 1 aromatic heterocycles. The monoisotopic (exact) mass is 583 g/mol. The molecule has 2 heterocycles. The molecule has 1 aliphatic heterocycles. The quantitative estimate of drug-likeness (QED) is 0.318. The highest BCUT2D eigenvalue weighted by Gasteiger charge is 2.49. The van der Waals surface area contributed by atoms with Crippen molar-refractivity contribution in [1.82, 2.24) is 9.88 Å². The van der Waals surface area contributed by atoms with Gasteiger partial charge in [-0.05, 0) is 87.0 Å². The first kappa shape index (κ1) is 30.1. The van der Waals surface area contributed by atoms with Crippen LogP contribution >= 0.6 is 0 Å². The number of rotatable bonds is 10. The summed E-state index contributed by atoms with van der Waals surface area (Å²) in [5.41, 5.74) is 6.87. The molecule has 3 N–H and O–H groups in total. The van der Waals surface area contributed by atoms with Gasteiger partial charge in [-0.15, -0.1) is 0 Å². The number of nitrogens with zero attached hydrogens (tertiary/aromatic N) is 1. The molecule has 0 unspecified atom stereocenters. The first-order valence-corrected chi connectivity index (χ1v) is 17.4. The summed E-state index contributed by atoms with van der Waals surface area (Å²) >= 11 is 0. The lowest BCUT2D eigenvalue weighted by atomic mass is 9.79. The van der Waals surface area contributed by atoms with Crippen LogP contribution in [0.5, 0.6) is 5.75 Å². The van der Waals surface area contributed by atoms with Crippen molar-refractivity contribution in [3.8, 4) is 17.0 Å². The molecular formula is C33H49N3O4S. The molecule has 1 spiro atoms. The van der Waals surface area contributed by atoms with Crippen LogP contribution < -0.4 is 15.2 Å². The molecule has 7 nitrogen and oxygen atoms in total. The van der Waals surface area contributed by atoms with Gasteiger partial charge in [0.2, 0.25) is 10.0 Å². The van der Waals surface area contributed by atoms with E-state index < -0.39 is 10.0 Å². The Kier molecular flexibility index (Phi) is 8.64. The maximum atomic E-state index is 13.5. The van der Waals surface area contributed by atoms with Gasteiger partial charge in [0.25, 0.3) is 5.91 Å². The number of benzene rings is 1. The van der Waals surface area contributed by atoms with Crippen LogP contribution in [0.4, 0.5) is 0 Å². The molecule has 41 heavy (non-hydrogen) atoms. The fourth-order valence-electron chi connectivity index (χ4n) is 6.92. The van der Waals surface area contributed by atoms with Crippen molar-refractivity contribution in [2.75, 3.05) is 18.9 Å². The van der Waals surface area contributed by atoms with E-state index >= 15 is 0 Å². The van der Waals surface area contributed by atoms with Gasteiger partial charge in [-0.1, -0.05) is 46.5 Å². The first-order valence-electron chi connectivity index (χ1n) is 15.7. The van der Waals surface area contributed by atoms with Crippen LogP contribution in [0.25, 0.3) is 11.3 Å². The molecule has 1 amide bonds. The minimum absolute atomic E-state index is 0.0168. The Labute approximate surface area is 246 Å². The third-order valence-electron chi connectivity index (χ3n) is 9.61. The number of primary sulfonamides is 1. The lowest BCUT2D eigenvalue weighted by Gasteiger charge is -2.33. The Hall–Kier alpha value is -2.32. The average molecular weight is 584 g/mol. The molecular weight excluding hydrogens is 534 g/mol. The zero-order valence-corrected chi connectivity index (χ0v) is 26.3. The summed E-state index contributed by atoms with van der Waals surface area (Å²) in [5.74, 6) is 1.64. The van der Waals surface area contributed by atoms with Crippen LogP contribution in [0, 0.1) is 12.8 Å². The predicted molar refractivity (Wildman–Crippen MR) is 165 cm³/mol. The molecule has 2 aliphatic carbocycles. The van der Waals surface area contributed by atoms with Crippen LogP contribution in [0.2, 0.25) is 0 Å². The van der Waals surface area contributed by atoms with Crippen molar-refractivity contribution in [3.05, 3.63) is 40.6 Å². The molecule has 226 valence electrons. The first-order chi connectivity index (χ1) is 19.4. The topological polar surface area (TPSA) is 103 Å². The average Bonchev–Trinajstić information content (AvgIpc) is 3.61. The van der Waals surface area contributed by atoms with Crippen LogP contribution in [0.1, 0.15) is 119 Å². The van der Waals surface area contributed by atoms with Gasteiger partial charge in [-0.25, -0.2) is 13.6 Å². The lowest BCUT2D eigenvalue weighted by Crippen LogP contribution is -2.25. The van der Waals surface area contributed by atoms with Gasteiger partial charge < -0.3 is 14.6 Å². The standard InChI is InChI=1S/C33H49N3O4S/c1-23-26(31(37)35-16-9-6-10-18-41(34,38)39)21-29(36(23)22-24-11-7-5-8-12-24)25-19-27(32(2,3)4)30-28(20-25)33(13-14-33)15-17-40-30/h19-21,24H,5-18,22H2,1-4H3,(H,35,37)(H2,34,38,39). The van der Waals surface area contributed by atoms with E-state index in [9.17, 15) is 13.2 Å². The number of amides is 1. The van der Waals surface area contributed by atoms with Gasteiger partial charge in [0.1, 0.15) is 5.75 Å². The maximum absolute atomic E-state index is 13.5. The molecule has 2 aromatic rings. The number of ether oxygens (including phenoxy) is 1. The Morgan fingerprint density at radius 2 is 1.80 bits per heavy atom. The molecule has 0 saturated heterocycles. The lowest BCUT2D eigenvalue weighted by molar-refractivity contribution is 0.0952. The summed E-state index contributed by atoms with van der Waals surface area (Å²) in [4.78, 5) is 13.5. The van der Waals surface area contributed by atoms with Gasteiger partial charge in [0, 0.05) is 41.0 Å². The third kappa shape index (κ3) is 6.85. The number of hydrogen-bond donors (Lipinski definition) is 2. The summed E-state index contributed by atoms with van der Waals surface area (Å²) in [6, 6.07) is 6.79. The third-order valence-corrected chi connectivity index (χ3v) is 10.5. The van der Waals surface area contributed by atoms with Crippen LogP contribution in [-0.2, 0) is 27.4 Å². The SMILES string of the molecule is Cc1c(C(=O)NCCCCCS(N)(=O)=O)cc(-c2cc(C(C)(C)C)c3c(c2)C2(CCO3)CC2)n1CC1CCCCC1. The van der Waals surface area contributed by atoms with Crippen molar-refractivity contribution in [1.29, 1.82) is 0 Å². The highest BCUT2D eigenvalue weighted by Crippen LogP contribution is 2.58. The molecule has 3 aliphatic rings. The Morgan fingerprint density at radius 1 is 1.07 bits per heavy atom. The van der Waals surface area contributed by atoms with Gasteiger partial charge in [0.05, 0.1) is 17.9 Å². The number of nitrogens with two attached hydrogens (primary N) is 1. The summed E-state index contributed by atoms with van der Waals surface area (Å²) in [6.45, 7) is 11.1. The normalized spacial score (nSPS) is 18.7. The van der Waals surface area contributed by atoms with Crippen molar-refractivity contribution in [2.24, 2.45) is 11.1 Å². The smallest absolute Gasteiger partial charge is 0.253 e. The highest BCUT2D eigenvalue weighted by molar-refractivity contribution is 7.89. The van der Waals surface area contributed by atoms with Crippen LogP contribution in [0.15, 0.2) is 18.2 Å². The number of unbranched alkanes of at least 4 members (excludes halogenated alkanes) is 2. The van der Waals surface area contributed by atoms with Crippen molar-refractivity contribution >= 4 is 15.9 Å². The second-order valence-corrected chi connectivity index (χ2v) is 15.6. The van der Waals surface area contributed by atoms with E-state index in [1.54, 1.807) is 0 Å². The van der Waals surface area contributed by atoms with E-state index in [1.165, 1.54) is 61.6 Å². The Balaban J connectivity index is 1.46. The van der Waals surface area contributed by atoms with Crippen LogP contribution in [0.3, 0.4) is 0 Å². The Bertz CT molecular complexity index is 1360. The summed E-state index contributed by atoms with van der Waals surface area (Å²) in [7, 11) is -3.44. The summed E-state index contributed by atoms with van der Waals surface area (Å²) in [5, 5.41) is 8.19. The van der Waals surface area contributed by atoms with E-state index in [-0.39, 0.29) is 22.5 Å². The van der Waals surface area contributed by atoms with Crippen molar-refractivity contribution < 1.29 is 17.9 Å². The fraction of sp³-hybridized carbons (Fsp3) is 0.667. The molecule has 8 heteroatoms. The minimum Gasteiger partial charge on any atom is -0.493 e. The van der Waals surface area contributed by atoms with Gasteiger partial charge in [-0.2, -0.15) is 0 Å². The van der Waals surface area contributed by atoms with E-state index in [1.807, 2.05) is 0 Å². The van der Waals surface area contributed by atoms with Gasteiger partial charge in [0.15, 0.2) is 0 Å². The van der Waals surface area contributed by atoms with Crippen molar-refractivity contribution in [3.63, 3.8) is 0 Å². The van der Waals surface area contributed by atoms with E-state index in [0.29, 0.717) is 25.3 Å². The minimum atomic E-state index is -3.44. The molecule has 2 saturated carbocycles. The van der Waals surface area contributed by atoms with E-state index in [4.69, 9.17) is 9.88 Å². The zero-order chi connectivity index (χ0) is 29.4. The molecule has 0 radical (unpaired) electrons. The second kappa shape index (κ2) is 11.8. The van der Waals surface area contributed by atoms with Gasteiger partial charge >= 0.3 is 0 Å². The second-order valence-electron chi connectivity index (χ2n) is 13.9. The van der Waals surface area contributed by atoms with E-state index in [0.717, 1.165) is 48.7 Å². The number of aromatic nitrogens is 1. The largest absolute Gasteiger partial charge is 0.493 e. The number of sulfonamides is 1. The molecule has 2 fully saturated rings. The summed E-state index contributed by atoms with van der Waals surface area (Å²) < 4.78 is 31.1. The molecule has 1 aromatic carbocycles. The number of carbonyl (C=O) groups is 1. The van der Waals surface area contributed by atoms with Crippen LogP contribution in [-0.4, -0.2) is 37.8 Å². The molecule has 0 atom stereocenters. The fourth-order valence-corrected chi connectivity index (χ4v) is 7.52.